The maximum atomic E-state index is 12.9. The number of hydrogen-bond acceptors (Lipinski definition) is 1. The summed E-state index contributed by atoms with van der Waals surface area (Å²) in [7, 11) is 0. The van der Waals surface area contributed by atoms with Crippen LogP contribution in [0.2, 0.25) is 0 Å². The molecule has 0 radical (unpaired) electrons. The van der Waals surface area contributed by atoms with Gasteiger partial charge in [-0.05, 0) is 61.7 Å². The third kappa shape index (κ3) is 3.10. The molecule has 0 saturated carbocycles. The van der Waals surface area contributed by atoms with Crippen molar-refractivity contribution in [3.63, 3.8) is 0 Å². The average molecular weight is 243 g/mol. The summed E-state index contributed by atoms with van der Waals surface area (Å²) in [5.74, 6) is -0.197. The molecule has 2 aromatic rings. The van der Waals surface area contributed by atoms with E-state index in [9.17, 15) is 4.39 Å². The first kappa shape index (κ1) is 12.6. The monoisotopic (exact) mass is 243 g/mol. The Balaban J connectivity index is 2.15. The van der Waals surface area contributed by atoms with E-state index in [0.717, 1.165) is 11.3 Å². The molecule has 0 aliphatic rings. The Morgan fingerprint density at radius 3 is 2.06 bits per heavy atom. The Kier molecular flexibility index (Phi) is 3.66. The van der Waals surface area contributed by atoms with Crippen molar-refractivity contribution in [3.05, 3.63) is 65.0 Å². The van der Waals surface area contributed by atoms with E-state index in [1.165, 1.54) is 23.3 Å². The van der Waals surface area contributed by atoms with E-state index in [-0.39, 0.29) is 11.9 Å². The molecule has 0 aliphatic carbocycles. The van der Waals surface area contributed by atoms with Crippen LogP contribution >= 0.6 is 0 Å². The molecule has 0 aliphatic heterocycles. The molecule has 1 nitrogen and oxygen atoms in total. The van der Waals surface area contributed by atoms with Crippen LogP contribution in [0.4, 0.5) is 10.1 Å². The van der Waals surface area contributed by atoms with E-state index < -0.39 is 0 Å². The second-order valence-electron chi connectivity index (χ2n) is 4.79. The summed E-state index contributed by atoms with van der Waals surface area (Å²) < 4.78 is 12.9. The molecule has 1 unspecified atom stereocenters. The fourth-order valence-corrected chi connectivity index (χ4v) is 2.14. The van der Waals surface area contributed by atoms with Gasteiger partial charge in [0.1, 0.15) is 5.82 Å². The predicted octanol–water partition coefficient (Wildman–Crippen LogP) is 4.62. The van der Waals surface area contributed by atoms with Gasteiger partial charge in [-0.15, -0.1) is 0 Å². The summed E-state index contributed by atoms with van der Waals surface area (Å²) in [5.41, 5.74) is 4.66. The SMILES string of the molecule is Cc1cc(C)cc(NC(C)c2ccc(F)cc2)c1. The van der Waals surface area contributed by atoms with Gasteiger partial charge in [-0.25, -0.2) is 4.39 Å². The molecule has 0 bridgehead atoms. The molecule has 0 heterocycles. The fourth-order valence-electron chi connectivity index (χ4n) is 2.14. The minimum atomic E-state index is -0.197. The Bertz CT molecular complexity index is 511. The number of rotatable bonds is 3. The number of hydrogen-bond donors (Lipinski definition) is 1. The van der Waals surface area contributed by atoms with Gasteiger partial charge in [0.05, 0.1) is 0 Å². The second-order valence-corrected chi connectivity index (χ2v) is 4.79. The van der Waals surface area contributed by atoms with Gasteiger partial charge in [0.15, 0.2) is 0 Å². The molecule has 0 saturated heterocycles. The van der Waals surface area contributed by atoms with E-state index in [0.29, 0.717) is 0 Å². The Morgan fingerprint density at radius 2 is 1.50 bits per heavy atom. The highest BCUT2D eigenvalue weighted by Gasteiger charge is 2.05. The van der Waals surface area contributed by atoms with Gasteiger partial charge in [-0.1, -0.05) is 18.2 Å². The number of aryl methyl sites for hydroxylation is 2. The molecule has 2 aromatic carbocycles. The molecule has 0 fully saturated rings. The van der Waals surface area contributed by atoms with Gasteiger partial charge in [-0.3, -0.25) is 0 Å². The number of anilines is 1. The van der Waals surface area contributed by atoms with Gasteiger partial charge < -0.3 is 5.32 Å². The maximum Gasteiger partial charge on any atom is 0.123 e. The van der Waals surface area contributed by atoms with Gasteiger partial charge in [0, 0.05) is 11.7 Å². The predicted molar refractivity (Wildman–Crippen MR) is 74.4 cm³/mol. The van der Waals surface area contributed by atoms with Gasteiger partial charge in [-0.2, -0.15) is 0 Å². The quantitative estimate of drug-likeness (QED) is 0.829. The molecule has 0 amide bonds. The van der Waals surface area contributed by atoms with Crippen LogP contribution in [0, 0.1) is 19.7 Å². The van der Waals surface area contributed by atoms with E-state index >= 15 is 0 Å². The lowest BCUT2D eigenvalue weighted by molar-refractivity contribution is 0.626. The van der Waals surface area contributed by atoms with Crippen molar-refractivity contribution in [2.45, 2.75) is 26.8 Å². The third-order valence-electron chi connectivity index (χ3n) is 2.97. The van der Waals surface area contributed by atoms with Crippen LogP contribution in [0.1, 0.15) is 29.7 Å². The zero-order chi connectivity index (χ0) is 13.1. The van der Waals surface area contributed by atoms with Crippen LogP contribution < -0.4 is 5.32 Å². The van der Waals surface area contributed by atoms with Crippen molar-refractivity contribution in [1.82, 2.24) is 0 Å². The number of nitrogens with one attached hydrogen (secondary N) is 1. The minimum Gasteiger partial charge on any atom is -0.379 e. The van der Waals surface area contributed by atoms with Crippen LogP contribution in [0.3, 0.4) is 0 Å². The van der Waals surface area contributed by atoms with Crippen LogP contribution in [-0.2, 0) is 0 Å². The van der Waals surface area contributed by atoms with Crippen molar-refractivity contribution in [1.29, 1.82) is 0 Å². The van der Waals surface area contributed by atoms with Gasteiger partial charge in [0.2, 0.25) is 0 Å². The summed E-state index contributed by atoms with van der Waals surface area (Å²) >= 11 is 0. The number of benzene rings is 2. The van der Waals surface area contributed by atoms with Crippen molar-refractivity contribution < 1.29 is 4.39 Å². The topological polar surface area (TPSA) is 12.0 Å². The smallest absolute Gasteiger partial charge is 0.123 e. The van der Waals surface area contributed by atoms with Crippen molar-refractivity contribution in [2.75, 3.05) is 5.32 Å². The molecule has 0 aromatic heterocycles. The minimum absolute atomic E-state index is 0.159. The summed E-state index contributed by atoms with van der Waals surface area (Å²) in [6.07, 6.45) is 0. The van der Waals surface area contributed by atoms with Crippen LogP contribution in [0.5, 0.6) is 0 Å². The zero-order valence-electron chi connectivity index (χ0n) is 11.0. The molecule has 94 valence electrons. The lowest BCUT2D eigenvalue weighted by Crippen LogP contribution is -2.06. The van der Waals surface area contributed by atoms with E-state index in [2.05, 4.69) is 44.3 Å². The lowest BCUT2D eigenvalue weighted by atomic mass is 10.1. The summed E-state index contributed by atoms with van der Waals surface area (Å²) in [6.45, 7) is 6.24. The Morgan fingerprint density at radius 1 is 0.944 bits per heavy atom. The van der Waals surface area contributed by atoms with Gasteiger partial charge >= 0.3 is 0 Å². The molecule has 2 heteroatoms. The molecule has 0 spiro atoms. The first-order valence-corrected chi connectivity index (χ1v) is 6.15. The Hall–Kier alpha value is -1.83. The average Bonchev–Trinajstić information content (AvgIpc) is 2.28. The van der Waals surface area contributed by atoms with E-state index in [4.69, 9.17) is 0 Å². The maximum absolute atomic E-state index is 12.9. The summed E-state index contributed by atoms with van der Waals surface area (Å²) in [5, 5.41) is 3.44. The zero-order valence-corrected chi connectivity index (χ0v) is 11.0. The Labute approximate surface area is 108 Å². The molecule has 1 N–H and O–H groups in total. The van der Waals surface area contributed by atoms with Crippen molar-refractivity contribution >= 4 is 5.69 Å². The molecule has 1 atom stereocenters. The van der Waals surface area contributed by atoms with E-state index in [1.807, 2.05) is 12.1 Å². The molecular formula is C16H18FN. The second kappa shape index (κ2) is 5.21. The molecule has 2 rings (SSSR count). The highest BCUT2D eigenvalue weighted by Crippen LogP contribution is 2.21. The molecular weight excluding hydrogens is 225 g/mol. The fraction of sp³-hybridized carbons (Fsp3) is 0.250. The number of halogens is 1. The van der Waals surface area contributed by atoms with Crippen LogP contribution in [0.15, 0.2) is 42.5 Å². The van der Waals surface area contributed by atoms with Crippen LogP contribution in [-0.4, -0.2) is 0 Å². The largest absolute Gasteiger partial charge is 0.379 e. The van der Waals surface area contributed by atoms with E-state index in [1.54, 1.807) is 0 Å². The highest BCUT2D eigenvalue weighted by molar-refractivity contribution is 5.50. The van der Waals surface area contributed by atoms with Gasteiger partial charge in [0.25, 0.3) is 0 Å². The molecule has 18 heavy (non-hydrogen) atoms. The standard InChI is InChI=1S/C16H18FN/c1-11-8-12(2)10-16(9-11)18-13(3)14-4-6-15(17)7-5-14/h4-10,13,18H,1-3H3. The van der Waals surface area contributed by atoms with Crippen molar-refractivity contribution in [2.24, 2.45) is 0 Å². The first-order valence-electron chi connectivity index (χ1n) is 6.15. The van der Waals surface area contributed by atoms with Crippen molar-refractivity contribution in [3.8, 4) is 0 Å². The third-order valence-corrected chi connectivity index (χ3v) is 2.97. The normalized spacial score (nSPS) is 12.2. The first-order chi connectivity index (χ1) is 8.54. The highest BCUT2D eigenvalue weighted by atomic mass is 19.1. The summed E-state index contributed by atoms with van der Waals surface area (Å²) in [4.78, 5) is 0. The summed E-state index contributed by atoms with van der Waals surface area (Å²) in [6, 6.07) is 13.2. The lowest BCUT2D eigenvalue weighted by Gasteiger charge is -2.16. The van der Waals surface area contributed by atoms with Crippen LogP contribution in [0.25, 0.3) is 0 Å².